The van der Waals surface area contributed by atoms with Crippen molar-refractivity contribution in [2.75, 3.05) is 13.2 Å². The highest BCUT2D eigenvalue weighted by Crippen LogP contribution is 1.88. The molecule has 0 bridgehead atoms. The largest absolute Gasteiger partial charge is 0.506 e. The summed E-state index contributed by atoms with van der Waals surface area (Å²) in [5.41, 5.74) is 0.176. The highest BCUT2D eigenvalue weighted by Gasteiger charge is 2.09. The van der Waals surface area contributed by atoms with E-state index in [0.717, 1.165) is 0 Å². The first kappa shape index (κ1) is 15.9. The molecule has 0 aromatic rings. The van der Waals surface area contributed by atoms with E-state index in [0.29, 0.717) is 0 Å². The van der Waals surface area contributed by atoms with Crippen molar-refractivity contribution in [3.8, 4) is 0 Å². The zero-order valence-corrected chi connectivity index (χ0v) is 8.21. The van der Waals surface area contributed by atoms with E-state index in [1.54, 1.807) is 0 Å². The Morgan fingerprint density at radius 2 is 1.60 bits per heavy atom. The second-order valence-corrected chi connectivity index (χ2v) is 2.46. The lowest BCUT2D eigenvalue weighted by atomic mass is 10.4. The molecule has 15 heavy (non-hydrogen) atoms. The highest BCUT2D eigenvalue weighted by molar-refractivity contribution is 5.84. The first-order valence-corrected chi connectivity index (χ1v) is 3.85. The lowest BCUT2D eigenvalue weighted by Gasteiger charge is -2.07. The van der Waals surface area contributed by atoms with Crippen LogP contribution in [0.3, 0.4) is 0 Å². The second kappa shape index (κ2) is 8.97. The normalized spacial score (nSPS) is 8.80. The molecule has 0 saturated heterocycles. The number of hydrogen-bond donors (Lipinski definition) is 4. The number of carbonyl (C=O) groups is 2. The Kier molecular flexibility index (Phi) is 9.49. The number of carboxylic acid groups (broad SMARTS) is 2. The van der Waals surface area contributed by atoms with Crippen molar-refractivity contribution in [3.63, 3.8) is 0 Å². The fourth-order valence-corrected chi connectivity index (χ4v) is 0.275. The van der Waals surface area contributed by atoms with E-state index in [9.17, 15) is 9.59 Å². The van der Waals surface area contributed by atoms with E-state index in [2.05, 4.69) is 11.3 Å². The number of carboxylic acids is 1. The summed E-state index contributed by atoms with van der Waals surface area (Å²) in [6.45, 7) is 3.61. The molecule has 0 radical (unpaired) electrons. The summed E-state index contributed by atoms with van der Waals surface area (Å²) in [6, 6.07) is 0. The van der Waals surface area contributed by atoms with Crippen molar-refractivity contribution >= 4 is 12.1 Å². The first-order valence-electron chi connectivity index (χ1n) is 3.85. The van der Waals surface area contributed by atoms with Crippen LogP contribution in [-0.2, 0) is 9.53 Å². The van der Waals surface area contributed by atoms with Crippen LogP contribution < -0.4 is 0 Å². The van der Waals surface area contributed by atoms with E-state index in [1.165, 1.54) is 6.92 Å². The number of aliphatic carboxylic acids is 1. The van der Waals surface area contributed by atoms with Crippen molar-refractivity contribution in [3.05, 3.63) is 12.2 Å². The lowest BCUT2D eigenvalue weighted by Crippen LogP contribution is -2.24. The number of aliphatic hydroxyl groups is 2. The van der Waals surface area contributed by atoms with E-state index >= 15 is 0 Å². The minimum absolute atomic E-state index is 0.176. The number of ether oxygens (including phenoxy) is 1. The molecular formula is C8H14O7. The average Bonchev–Trinajstić information content (AvgIpc) is 2.14. The van der Waals surface area contributed by atoms with Gasteiger partial charge in [0.1, 0.15) is 0 Å². The van der Waals surface area contributed by atoms with Crippen LogP contribution in [-0.4, -0.2) is 51.9 Å². The minimum atomic E-state index is -1.50. The molecule has 7 nitrogen and oxygen atoms in total. The topological polar surface area (TPSA) is 124 Å². The molecule has 0 saturated carbocycles. The van der Waals surface area contributed by atoms with E-state index in [-0.39, 0.29) is 5.57 Å². The zero-order valence-electron chi connectivity index (χ0n) is 8.21. The molecule has 0 aromatic heterocycles. The van der Waals surface area contributed by atoms with Crippen LogP contribution in [0, 0.1) is 0 Å². The van der Waals surface area contributed by atoms with Gasteiger partial charge in [0.2, 0.25) is 0 Å². The van der Waals surface area contributed by atoms with Crippen molar-refractivity contribution in [1.82, 2.24) is 0 Å². The average molecular weight is 222 g/mol. The molecule has 0 aliphatic carbocycles. The molecule has 0 aromatic carbocycles. The van der Waals surface area contributed by atoms with Gasteiger partial charge in [-0.3, -0.25) is 0 Å². The summed E-state index contributed by atoms with van der Waals surface area (Å²) in [6.07, 6.45) is -2.51. The van der Waals surface area contributed by atoms with Gasteiger partial charge in [-0.15, -0.1) is 0 Å². The molecule has 4 N–H and O–H groups in total. The molecule has 0 fully saturated rings. The molecule has 0 rings (SSSR count). The Balaban J connectivity index is 0. The van der Waals surface area contributed by atoms with E-state index in [4.69, 9.17) is 20.4 Å². The maximum atomic E-state index is 9.68. The van der Waals surface area contributed by atoms with Gasteiger partial charge in [0.25, 0.3) is 0 Å². The molecule has 0 atom stereocenters. The van der Waals surface area contributed by atoms with E-state index < -0.39 is 31.4 Å². The van der Waals surface area contributed by atoms with Gasteiger partial charge < -0.3 is 25.2 Å². The summed E-state index contributed by atoms with van der Waals surface area (Å²) in [5, 5.41) is 32.2. The fraction of sp³-hybridized carbons (Fsp3) is 0.500. The quantitative estimate of drug-likeness (QED) is 0.379. The highest BCUT2D eigenvalue weighted by atomic mass is 16.7. The Labute approximate surface area is 86.2 Å². The van der Waals surface area contributed by atoms with Gasteiger partial charge in [0.05, 0.1) is 13.2 Å². The predicted octanol–water partition coefficient (Wildman–Crippen LogP) is -0.319. The third-order valence-electron chi connectivity index (χ3n) is 1.04. The second-order valence-electron chi connectivity index (χ2n) is 2.46. The van der Waals surface area contributed by atoms with Crippen LogP contribution in [0.1, 0.15) is 6.92 Å². The summed E-state index contributed by atoms with van der Waals surface area (Å²) in [5.74, 6) is -0.935. The standard InChI is InChI=1S/C4H8O5.C4H6O2/c5-1-3(2-6)9-4(7)8;1-3(2)4(5)6/h3,5-6H,1-2H2,(H,7,8);1H2,2H3,(H,5,6). The number of hydrogen-bond acceptors (Lipinski definition) is 5. The van der Waals surface area contributed by atoms with Crippen molar-refractivity contribution in [2.24, 2.45) is 0 Å². The van der Waals surface area contributed by atoms with Gasteiger partial charge in [0, 0.05) is 5.57 Å². The molecule has 88 valence electrons. The zero-order chi connectivity index (χ0) is 12.4. The first-order chi connectivity index (χ1) is 6.84. The fourth-order valence-electron chi connectivity index (χ4n) is 0.275. The summed E-state index contributed by atoms with van der Waals surface area (Å²) in [7, 11) is 0. The van der Waals surface area contributed by atoms with Crippen molar-refractivity contribution < 1.29 is 34.8 Å². The molecule has 0 spiro atoms. The van der Waals surface area contributed by atoms with Gasteiger partial charge in [-0.05, 0) is 6.92 Å². The SMILES string of the molecule is C=C(C)C(=O)O.O=C(O)OC(CO)CO. The number of aliphatic hydroxyl groups excluding tert-OH is 2. The molecule has 0 aliphatic heterocycles. The predicted molar refractivity (Wildman–Crippen MR) is 49.5 cm³/mol. The third kappa shape index (κ3) is 12.4. The van der Waals surface area contributed by atoms with Crippen molar-refractivity contribution in [2.45, 2.75) is 13.0 Å². The molecule has 7 heteroatoms. The van der Waals surface area contributed by atoms with Crippen LogP contribution in [0.2, 0.25) is 0 Å². The lowest BCUT2D eigenvalue weighted by molar-refractivity contribution is -0.132. The van der Waals surface area contributed by atoms with E-state index in [1.807, 2.05) is 0 Å². The van der Waals surface area contributed by atoms with Crippen LogP contribution in [0.5, 0.6) is 0 Å². The summed E-state index contributed by atoms with van der Waals surface area (Å²) >= 11 is 0. The van der Waals surface area contributed by atoms with Crippen LogP contribution in [0.25, 0.3) is 0 Å². The van der Waals surface area contributed by atoms with Crippen LogP contribution >= 0.6 is 0 Å². The molecule has 0 aliphatic rings. The van der Waals surface area contributed by atoms with Gasteiger partial charge in [-0.1, -0.05) is 6.58 Å². The van der Waals surface area contributed by atoms with Crippen molar-refractivity contribution in [1.29, 1.82) is 0 Å². The molecular weight excluding hydrogens is 208 g/mol. The Morgan fingerprint density at radius 1 is 1.27 bits per heavy atom. The van der Waals surface area contributed by atoms with Gasteiger partial charge in [0.15, 0.2) is 6.10 Å². The summed E-state index contributed by atoms with van der Waals surface area (Å²) in [4.78, 5) is 19.3. The molecule has 0 heterocycles. The van der Waals surface area contributed by atoms with Gasteiger partial charge in [-0.25, -0.2) is 9.59 Å². The maximum absolute atomic E-state index is 9.68. The molecule has 0 unspecified atom stereocenters. The van der Waals surface area contributed by atoms with Gasteiger partial charge >= 0.3 is 12.1 Å². The Bertz CT molecular complexity index is 207. The number of rotatable bonds is 4. The Hall–Kier alpha value is -1.60. The summed E-state index contributed by atoms with van der Waals surface area (Å²) < 4.78 is 3.97. The maximum Gasteiger partial charge on any atom is 0.506 e. The van der Waals surface area contributed by atoms with Gasteiger partial charge in [-0.2, -0.15) is 0 Å². The third-order valence-corrected chi connectivity index (χ3v) is 1.04. The smallest absolute Gasteiger partial charge is 0.478 e. The molecule has 0 amide bonds. The van der Waals surface area contributed by atoms with Crippen LogP contribution in [0.4, 0.5) is 4.79 Å². The monoisotopic (exact) mass is 222 g/mol. The minimum Gasteiger partial charge on any atom is -0.478 e. The Morgan fingerprint density at radius 3 is 1.67 bits per heavy atom. The van der Waals surface area contributed by atoms with Crippen LogP contribution in [0.15, 0.2) is 12.2 Å².